The van der Waals surface area contributed by atoms with Gasteiger partial charge < -0.3 is 14.2 Å². The fraction of sp³-hybridized carbons (Fsp3) is 0.389. The summed E-state index contributed by atoms with van der Waals surface area (Å²) in [6, 6.07) is 48.5. The minimum atomic E-state index is -0.198. The van der Waals surface area contributed by atoms with Gasteiger partial charge in [0, 0.05) is 39.1 Å². The van der Waals surface area contributed by atoms with E-state index in [0.717, 1.165) is 43.3 Å². The first kappa shape index (κ1) is 48.1. The van der Waals surface area contributed by atoms with Crippen LogP contribution in [-0.2, 0) is 37.9 Å². The monoisotopic (exact) mass is 997 g/mol. The molecule has 0 fully saturated rings. The molecule has 0 spiro atoms. The van der Waals surface area contributed by atoms with Crippen LogP contribution in [0.25, 0.3) is 33.2 Å². The predicted molar refractivity (Wildman–Crippen MR) is 324 cm³/mol. The minimum absolute atomic E-state index is 0.0000320. The van der Waals surface area contributed by atoms with Crippen LogP contribution >= 0.6 is 0 Å². The molecule has 0 bridgehead atoms. The lowest BCUT2D eigenvalue weighted by atomic mass is 9.35. The zero-order valence-corrected chi connectivity index (χ0v) is 48.2. The van der Waals surface area contributed by atoms with Crippen molar-refractivity contribution >= 4 is 68.4 Å². The molecule has 4 heteroatoms. The van der Waals surface area contributed by atoms with Crippen LogP contribution in [0.2, 0.25) is 0 Å². The Kier molecular flexibility index (Phi) is 9.67. The summed E-state index contributed by atoms with van der Waals surface area (Å²) in [5.74, 6) is 0. The summed E-state index contributed by atoms with van der Waals surface area (Å²) in [4.78, 5) is 5.39. The molecule has 6 aliphatic rings. The van der Waals surface area contributed by atoms with Gasteiger partial charge >= 0.3 is 0 Å². The second kappa shape index (κ2) is 15.3. The van der Waals surface area contributed by atoms with E-state index in [1.807, 2.05) is 0 Å². The maximum Gasteiger partial charge on any atom is 0.297 e. The molecular weight excluding hydrogens is 920 g/mol. The van der Waals surface area contributed by atoms with Crippen molar-refractivity contribution in [2.24, 2.45) is 0 Å². The summed E-state index contributed by atoms with van der Waals surface area (Å²) in [7, 11) is 0. The first-order valence-corrected chi connectivity index (χ1v) is 28.8. The van der Waals surface area contributed by atoms with Crippen molar-refractivity contribution in [3.8, 4) is 22.3 Å². The molecule has 7 aromatic carbocycles. The standard InChI is InChI=1S/C72H77BN2O/c1-42-33-60-63-61(34-42)75(58-40-55-53(68(6,7)29-31-70(55,10)11)36-46(58)43-21-17-16-18-22-43)59-38-47-45-23-19-20-24-49(45)72(14,15)51(47)39-57(59)73(63)65-64(48-37-54-56(41-62(48)76-65)71(12,13)32-30-69(54,8)9)74(60)44-25-26-50-52(35-44)67(4,5)28-27-66(50,2)3/h16-26,33-41H,27-32H2,1-15H3. The molecule has 0 saturated carbocycles. The van der Waals surface area contributed by atoms with Crippen molar-refractivity contribution in [3.05, 3.63) is 171 Å². The molecule has 0 atom stereocenters. The molecule has 3 heterocycles. The third-order valence-corrected chi connectivity index (χ3v) is 20.9. The predicted octanol–water partition coefficient (Wildman–Crippen LogP) is 17.8. The zero-order valence-electron chi connectivity index (χ0n) is 48.2. The zero-order chi connectivity index (χ0) is 53.2. The van der Waals surface area contributed by atoms with Crippen LogP contribution in [0.1, 0.15) is 186 Å². The van der Waals surface area contributed by atoms with Crippen LogP contribution in [-0.4, -0.2) is 6.71 Å². The summed E-state index contributed by atoms with van der Waals surface area (Å²) in [5.41, 5.74) is 30.1. The SMILES string of the molecule is Cc1cc2c3c(c1)N(c1ccc4c(c1)C(C)(C)CCC4(C)C)c1c(oc4cc5c(cc14)C(C)(C)CCC5(C)C)B3c1cc3c(cc1N2c1cc2c(cc1-c1ccccc1)C(C)(C)CCC2(C)C)-c1ccccc1C3(C)C. The number of aryl methyl sites for hydroxylation is 1. The van der Waals surface area contributed by atoms with E-state index in [4.69, 9.17) is 4.42 Å². The summed E-state index contributed by atoms with van der Waals surface area (Å²) >= 11 is 0. The maximum absolute atomic E-state index is 7.82. The van der Waals surface area contributed by atoms with E-state index in [9.17, 15) is 0 Å². The highest BCUT2D eigenvalue weighted by Crippen LogP contribution is 2.58. The van der Waals surface area contributed by atoms with Crippen molar-refractivity contribution < 1.29 is 4.42 Å². The highest BCUT2D eigenvalue weighted by atomic mass is 16.3. The molecule has 0 saturated heterocycles. The lowest BCUT2D eigenvalue weighted by Crippen LogP contribution is -2.61. The second-order valence-corrected chi connectivity index (χ2v) is 29.0. The Bertz CT molecular complexity index is 3840. The normalized spacial score (nSPS) is 20.6. The van der Waals surface area contributed by atoms with Gasteiger partial charge in [0.05, 0.1) is 17.0 Å². The first-order valence-electron chi connectivity index (χ1n) is 28.8. The van der Waals surface area contributed by atoms with Gasteiger partial charge in [-0.25, -0.2) is 0 Å². The van der Waals surface area contributed by atoms with E-state index in [0.29, 0.717) is 0 Å². The number of hydrogen-bond donors (Lipinski definition) is 0. The number of benzene rings is 7. The van der Waals surface area contributed by atoms with Crippen LogP contribution in [0.15, 0.2) is 126 Å². The van der Waals surface area contributed by atoms with Gasteiger partial charge in [-0.2, -0.15) is 0 Å². The average molecular weight is 997 g/mol. The maximum atomic E-state index is 7.82. The van der Waals surface area contributed by atoms with Crippen LogP contribution in [0.5, 0.6) is 0 Å². The van der Waals surface area contributed by atoms with Crippen molar-refractivity contribution in [1.82, 2.24) is 0 Å². The number of nitrogens with zero attached hydrogens (tertiary/aromatic N) is 2. The second-order valence-electron chi connectivity index (χ2n) is 29.0. The Labute approximate surface area is 454 Å². The van der Waals surface area contributed by atoms with E-state index in [2.05, 4.69) is 235 Å². The van der Waals surface area contributed by atoms with E-state index >= 15 is 0 Å². The van der Waals surface area contributed by atoms with E-state index in [-0.39, 0.29) is 44.6 Å². The van der Waals surface area contributed by atoms with Crippen molar-refractivity contribution in [1.29, 1.82) is 0 Å². The summed E-state index contributed by atoms with van der Waals surface area (Å²) in [5, 5.41) is 1.22. The van der Waals surface area contributed by atoms with Crippen LogP contribution in [0.4, 0.5) is 34.1 Å². The lowest BCUT2D eigenvalue weighted by molar-refractivity contribution is 0.332. The summed E-state index contributed by atoms with van der Waals surface area (Å²) in [6.07, 6.45) is 6.95. The minimum Gasteiger partial charge on any atom is -0.468 e. The van der Waals surface area contributed by atoms with E-state index in [1.165, 1.54) is 129 Å². The van der Waals surface area contributed by atoms with Crippen LogP contribution in [0.3, 0.4) is 0 Å². The number of rotatable bonds is 3. The molecule has 1 aromatic heterocycles. The Morgan fingerprint density at radius 3 is 1.59 bits per heavy atom. The smallest absolute Gasteiger partial charge is 0.297 e. The Morgan fingerprint density at radius 2 is 0.947 bits per heavy atom. The highest BCUT2D eigenvalue weighted by Gasteiger charge is 2.51. The highest BCUT2D eigenvalue weighted by molar-refractivity contribution is 7.00. The largest absolute Gasteiger partial charge is 0.468 e. The molecule has 0 amide bonds. The average Bonchev–Trinajstić information content (AvgIpc) is 3.86. The molecule has 14 rings (SSSR count). The Balaban J connectivity index is 1.14. The molecule has 76 heavy (non-hydrogen) atoms. The number of furan rings is 1. The fourth-order valence-electron chi connectivity index (χ4n) is 15.8. The van der Waals surface area contributed by atoms with Gasteiger partial charge in [0.2, 0.25) is 0 Å². The lowest BCUT2D eigenvalue weighted by Gasteiger charge is -2.46. The molecular formula is C72H77BN2O. The van der Waals surface area contributed by atoms with Crippen LogP contribution < -0.4 is 26.4 Å². The molecule has 384 valence electrons. The fourth-order valence-corrected chi connectivity index (χ4v) is 15.8. The third-order valence-electron chi connectivity index (χ3n) is 20.9. The Morgan fingerprint density at radius 1 is 0.408 bits per heavy atom. The molecule has 3 nitrogen and oxygen atoms in total. The molecule has 4 aliphatic carbocycles. The number of fused-ring (bicyclic) bond motifs is 12. The molecule has 0 N–H and O–H groups in total. The quantitative estimate of drug-likeness (QED) is 0.165. The van der Waals surface area contributed by atoms with Crippen molar-refractivity contribution in [2.45, 2.75) is 180 Å². The topological polar surface area (TPSA) is 19.6 Å². The van der Waals surface area contributed by atoms with Gasteiger partial charge in [-0.05, 0) is 210 Å². The molecule has 0 unspecified atom stereocenters. The first-order chi connectivity index (χ1) is 35.8. The van der Waals surface area contributed by atoms with Gasteiger partial charge in [-0.1, -0.05) is 164 Å². The van der Waals surface area contributed by atoms with Crippen molar-refractivity contribution in [2.75, 3.05) is 9.80 Å². The van der Waals surface area contributed by atoms with E-state index < -0.39 is 0 Å². The molecule has 2 aliphatic heterocycles. The molecule has 0 radical (unpaired) electrons. The number of hydrogen-bond acceptors (Lipinski definition) is 3. The van der Waals surface area contributed by atoms with Gasteiger partial charge in [0.15, 0.2) is 0 Å². The van der Waals surface area contributed by atoms with Gasteiger partial charge in [0.1, 0.15) is 5.58 Å². The van der Waals surface area contributed by atoms with Gasteiger partial charge in [0.25, 0.3) is 6.71 Å². The summed E-state index contributed by atoms with van der Waals surface area (Å²) in [6.45, 7) is 36.6. The third kappa shape index (κ3) is 6.54. The van der Waals surface area contributed by atoms with Crippen molar-refractivity contribution in [3.63, 3.8) is 0 Å². The molecule has 8 aromatic rings. The van der Waals surface area contributed by atoms with Gasteiger partial charge in [-0.3, -0.25) is 0 Å². The van der Waals surface area contributed by atoms with Crippen LogP contribution in [0, 0.1) is 6.92 Å². The van der Waals surface area contributed by atoms with E-state index in [1.54, 1.807) is 0 Å². The number of anilines is 6. The van der Waals surface area contributed by atoms with Gasteiger partial charge in [-0.15, -0.1) is 0 Å². The summed E-state index contributed by atoms with van der Waals surface area (Å²) < 4.78 is 7.82. The Hall–Kier alpha value is -6.26.